The highest BCUT2D eigenvalue weighted by molar-refractivity contribution is 7.99. The largest absolute Gasteiger partial charge is 0.396 e. The summed E-state index contributed by atoms with van der Waals surface area (Å²) < 4.78 is 13.0. The second kappa shape index (κ2) is 14.6. The number of nitrogens with one attached hydrogen (secondary N) is 1. The van der Waals surface area contributed by atoms with Crippen molar-refractivity contribution in [1.82, 2.24) is 10.3 Å². The molecule has 1 amide bonds. The number of aliphatic hydroxyl groups excluding tert-OH is 2. The first-order valence-corrected chi connectivity index (χ1v) is 15.3. The first kappa shape index (κ1) is 29.9. The molecule has 0 bridgehead atoms. The van der Waals surface area contributed by atoms with E-state index < -0.39 is 6.29 Å². The van der Waals surface area contributed by atoms with Crippen LogP contribution in [0.2, 0.25) is 0 Å². The molecule has 3 aromatic carbocycles. The molecular weight excluding hydrogens is 548 g/mol. The number of thioether (sulfide) groups is 1. The molecule has 4 aromatic rings. The van der Waals surface area contributed by atoms with Crippen molar-refractivity contribution >= 4 is 17.7 Å². The highest BCUT2D eigenvalue weighted by Crippen LogP contribution is 2.42. The Morgan fingerprint density at radius 2 is 1.69 bits per heavy atom. The van der Waals surface area contributed by atoms with Gasteiger partial charge in [0.1, 0.15) is 0 Å². The molecule has 3 N–H and O–H groups in total. The molecule has 5 rings (SSSR count). The quantitative estimate of drug-likeness (QED) is 0.195. The molecule has 4 unspecified atom stereocenters. The van der Waals surface area contributed by atoms with Crippen molar-refractivity contribution in [3.05, 3.63) is 125 Å². The molecule has 0 aliphatic carbocycles. The number of ether oxygens (including phenoxy) is 2. The zero-order valence-corrected chi connectivity index (χ0v) is 24.4. The number of benzene rings is 3. The molecular formula is C34H36N2O5S. The van der Waals surface area contributed by atoms with E-state index in [1.807, 2.05) is 54.6 Å². The summed E-state index contributed by atoms with van der Waals surface area (Å²) in [5, 5.41) is 21.8. The summed E-state index contributed by atoms with van der Waals surface area (Å²) in [4.78, 5) is 16.6. The van der Waals surface area contributed by atoms with Crippen LogP contribution in [0.4, 0.5) is 0 Å². The maximum absolute atomic E-state index is 12.6. The fraction of sp³-hybridized carbons (Fsp3) is 0.294. The van der Waals surface area contributed by atoms with Crippen molar-refractivity contribution in [1.29, 1.82) is 0 Å². The van der Waals surface area contributed by atoms with Gasteiger partial charge >= 0.3 is 0 Å². The maximum atomic E-state index is 12.6. The fourth-order valence-electron chi connectivity index (χ4n) is 5.12. The number of hydrogen-bond donors (Lipinski definition) is 3. The average molecular weight is 585 g/mol. The van der Waals surface area contributed by atoms with E-state index in [0.717, 1.165) is 39.1 Å². The van der Waals surface area contributed by atoms with Crippen molar-refractivity contribution in [3.63, 3.8) is 0 Å². The molecule has 1 fully saturated rings. The minimum absolute atomic E-state index is 0.000127. The van der Waals surface area contributed by atoms with Crippen molar-refractivity contribution in [2.24, 2.45) is 5.92 Å². The van der Waals surface area contributed by atoms with Crippen molar-refractivity contribution < 1.29 is 24.5 Å². The third-order valence-corrected chi connectivity index (χ3v) is 8.55. The van der Waals surface area contributed by atoms with Crippen LogP contribution < -0.4 is 5.32 Å². The molecule has 1 aliphatic heterocycles. The fourth-order valence-corrected chi connectivity index (χ4v) is 6.03. The predicted molar refractivity (Wildman–Crippen MR) is 165 cm³/mol. The predicted octanol–water partition coefficient (Wildman–Crippen LogP) is 5.69. The number of carbonyl (C=O) groups excluding carboxylic acids is 1. The second-order valence-corrected chi connectivity index (χ2v) is 11.5. The van der Waals surface area contributed by atoms with Crippen LogP contribution in [0.1, 0.15) is 51.9 Å². The molecule has 4 atom stereocenters. The van der Waals surface area contributed by atoms with Gasteiger partial charge in [0.15, 0.2) is 6.29 Å². The first-order valence-electron chi connectivity index (χ1n) is 14.1. The Balaban J connectivity index is 1.33. The molecule has 0 radical (unpaired) electrons. The van der Waals surface area contributed by atoms with Gasteiger partial charge in [0.25, 0.3) is 5.91 Å². The topological polar surface area (TPSA) is 101 Å². The van der Waals surface area contributed by atoms with E-state index in [0.29, 0.717) is 17.9 Å². The van der Waals surface area contributed by atoms with Gasteiger partial charge in [-0.15, -0.1) is 0 Å². The summed E-state index contributed by atoms with van der Waals surface area (Å²) in [6.45, 7) is 2.66. The van der Waals surface area contributed by atoms with E-state index in [1.54, 1.807) is 36.3 Å². The van der Waals surface area contributed by atoms with Crippen LogP contribution in [-0.4, -0.2) is 45.3 Å². The molecule has 42 heavy (non-hydrogen) atoms. The van der Waals surface area contributed by atoms with Crippen LogP contribution in [0.25, 0.3) is 11.1 Å². The Labute approximate surface area is 250 Å². The SMILES string of the molecule is CC1C(CSCCO)OC(c2ccc(-c3ccccc3CNC(=O)c3cccnc3)cc2)OC1c1ccc(CO)cc1. The van der Waals surface area contributed by atoms with Crippen LogP contribution >= 0.6 is 11.8 Å². The number of rotatable bonds is 11. The summed E-state index contributed by atoms with van der Waals surface area (Å²) >= 11 is 1.67. The van der Waals surface area contributed by atoms with Gasteiger partial charge in [-0.3, -0.25) is 9.78 Å². The van der Waals surface area contributed by atoms with Gasteiger partial charge in [0.05, 0.1) is 31.0 Å². The summed E-state index contributed by atoms with van der Waals surface area (Å²) in [5.41, 5.74) is 6.42. The van der Waals surface area contributed by atoms with Crippen molar-refractivity contribution in [2.75, 3.05) is 18.1 Å². The average Bonchev–Trinajstić information content (AvgIpc) is 3.05. The maximum Gasteiger partial charge on any atom is 0.253 e. The Morgan fingerprint density at radius 1 is 0.929 bits per heavy atom. The lowest BCUT2D eigenvalue weighted by molar-refractivity contribution is -0.268. The van der Waals surface area contributed by atoms with Crippen molar-refractivity contribution in [2.45, 2.75) is 38.6 Å². The van der Waals surface area contributed by atoms with Crippen LogP contribution in [-0.2, 0) is 22.6 Å². The lowest BCUT2D eigenvalue weighted by atomic mass is 9.91. The summed E-state index contributed by atoms with van der Waals surface area (Å²) in [7, 11) is 0. The number of hydrogen-bond acceptors (Lipinski definition) is 7. The smallest absolute Gasteiger partial charge is 0.253 e. The minimum Gasteiger partial charge on any atom is -0.396 e. The summed E-state index contributed by atoms with van der Waals surface area (Å²) in [5.74, 6) is 1.34. The highest BCUT2D eigenvalue weighted by atomic mass is 32.2. The van der Waals surface area contributed by atoms with Crippen LogP contribution in [0.3, 0.4) is 0 Å². The Morgan fingerprint density at radius 3 is 2.40 bits per heavy atom. The third kappa shape index (κ3) is 7.27. The van der Waals surface area contributed by atoms with E-state index in [2.05, 4.69) is 35.4 Å². The molecule has 1 saturated heterocycles. The third-order valence-electron chi connectivity index (χ3n) is 7.52. The molecule has 0 saturated carbocycles. The lowest BCUT2D eigenvalue weighted by Gasteiger charge is -2.41. The minimum atomic E-state index is -0.550. The van der Waals surface area contributed by atoms with Crippen LogP contribution in [0, 0.1) is 5.92 Å². The molecule has 1 aliphatic rings. The van der Waals surface area contributed by atoms with Gasteiger partial charge in [0.2, 0.25) is 0 Å². The summed E-state index contributed by atoms with van der Waals surface area (Å²) in [6.07, 6.45) is 2.41. The molecule has 2 heterocycles. The van der Waals surface area contributed by atoms with E-state index in [1.165, 1.54) is 0 Å². The van der Waals surface area contributed by atoms with Crippen LogP contribution in [0.15, 0.2) is 97.3 Å². The Bertz CT molecular complexity index is 1430. The molecule has 8 heteroatoms. The number of aromatic nitrogens is 1. The number of nitrogens with zero attached hydrogens (tertiary/aromatic N) is 1. The Hall–Kier alpha value is -3.53. The zero-order chi connectivity index (χ0) is 29.3. The monoisotopic (exact) mass is 584 g/mol. The van der Waals surface area contributed by atoms with Gasteiger partial charge in [0, 0.05) is 41.9 Å². The highest BCUT2D eigenvalue weighted by Gasteiger charge is 2.38. The zero-order valence-electron chi connectivity index (χ0n) is 23.6. The number of carbonyl (C=O) groups is 1. The van der Waals surface area contributed by atoms with Gasteiger partial charge in [-0.2, -0.15) is 11.8 Å². The normalized spacial score (nSPS) is 20.3. The van der Waals surface area contributed by atoms with Crippen LogP contribution in [0.5, 0.6) is 0 Å². The first-order chi connectivity index (χ1) is 20.6. The van der Waals surface area contributed by atoms with Gasteiger partial charge < -0.3 is 25.0 Å². The molecule has 7 nitrogen and oxygen atoms in total. The molecule has 1 aromatic heterocycles. The lowest BCUT2D eigenvalue weighted by Crippen LogP contribution is -2.38. The Kier molecular flexibility index (Phi) is 10.4. The van der Waals surface area contributed by atoms with E-state index in [-0.39, 0.29) is 37.2 Å². The van der Waals surface area contributed by atoms with E-state index in [9.17, 15) is 15.0 Å². The van der Waals surface area contributed by atoms with Gasteiger partial charge in [-0.25, -0.2) is 0 Å². The standard InChI is InChI=1S/C34H36N2O5S/c1-23-31(22-42-18-17-37)40-34(41-32(23)26-10-8-24(21-38)9-11-26)27-14-12-25(13-15-27)30-7-3-2-5-28(30)20-36-33(39)29-6-4-16-35-19-29/h2-16,19,23,31-32,34,37-38H,17-18,20-22H2,1H3,(H,36,39). The number of aliphatic hydroxyl groups is 2. The second-order valence-electron chi connectivity index (χ2n) is 10.3. The molecule has 218 valence electrons. The number of amides is 1. The van der Waals surface area contributed by atoms with E-state index in [4.69, 9.17) is 9.47 Å². The van der Waals surface area contributed by atoms with E-state index >= 15 is 0 Å². The number of pyridine rings is 1. The summed E-state index contributed by atoms with van der Waals surface area (Å²) in [6, 6.07) is 27.6. The molecule has 0 spiro atoms. The van der Waals surface area contributed by atoms with Gasteiger partial charge in [-0.1, -0.05) is 79.7 Å². The van der Waals surface area contributed by atoms with Gasteiger partial charge in [-0.05, 0) is 39.9 Å². The van der Waals surface area contributed by atoms with Crippen molar-refractivity contribution in [3.8, 4) is 11.1 Å².